The molecule has 2 aromatic carbocycles. The standard InChI is InChI=1S/C28H28ClN5O4S2/c1-3-38-27(36)18-9-8-14-33(15-18)26(35)21-16-39-24(30-21)17-40-28-32-31-25(19-10-4-5-11-20(19)29)34(28)22-12-6-7-13-23(22)37-2/h4-7,10-13,16,18H,3,8-9,14-15,17H2,1-2H3. The van der Waals surface area contributed by atoms with Crippen LogP contribution in [-0.4, -0.2) is 63.3 Å². The van der Waals surface area contributed by atoms with Crippen molar-refractivity contribution in [3.05, 3.63) is 69.6 Å². The molecule has 1 fully saturated rings. The zero-order valence-electron chi connectivity index (χ0n) is 22.1. The number of esters is 1. The number of piperidine rings is 1. The van der Waals surface area contributed by atoms with Gasteiger partial charge in [-0.1, -0.05) is 47.6 Å². The number of aromatic nitrogens is 4. The molecule has 1 unspecified atom stereocenters. The summed E-state index contributed by atoms with van der Waals surface area (Å²) in [6.45, 7) is 3.07. The summed E-state index contributed by atoms with van der Waals surface area (Å²) in [7, 11) is 1.62. The molecule has 1 aliphatic heterocycles. The van der Waals surface area contributed by atoms with E-state index in [9.17, 15) is 9.59 Å². The van der Waals surface area contributed by atoms with Gasteiger partial charge in [-0.2, -0.15) is 0 Å². The molecule has 208 valence electrons. The predicted molar refractivity (Wildman–Crippen MR) is 155 cm³/mol. The molecule has 0 bridgehead atoms. The molecule has 0 aliphatic carbocycles. The van der Waals surface area contributed by atoms with Crippen LogP contribution in [0.15, 0.2) is 59.1 Å². The first-order valence-corrected chi connectivity index (χ1v) is 15.1. The molecule has 0 spiro atoms. The molecule has 1 atom stereocenters. The Bertz CT molecular complexity index is 1510. The third-order valence-electron chi connectivity index (χ3n) is 6.50. The fraction of sp³-hybridized carbons (Fsp3) is 0.321. The van der Waals surface area contributed by atoms with Crippen molar-refractivity contribution < 1.29 is 19.1 Å². The Labute approximate surface area is 245 Å². The zero-order valence-corrected chi connectivity index (χ0v) is 24.5. The SMILES string of the molecule is CCOC(=O)C1CCCN(C(=O)c2csc(CSc3nnc(-c4ccccc4Cl)n3-c3ccccc3OC)n2)C1. The number of halogens is 1. The van der Waals surface area contributed by atoms with Gasteiger partial charge in [0.2, 0.25) is 0 Å². The summed E-state index contributed by atoms with van der Waals surface area (Å²) in [5, 5.41) is 12.7. The lowest BCUT2D eigenvalue weighted by molar-refractivity contribution is -0.149. The van der Waals surface area contributed by atoms with Crippen molar-refractivity contribution in [1.82, 2.24) is 24.6 Å². The second kappa shape index (κ2) is 12.8. The predicted octanol–water partition coefficient (Wildman–Crippen LogP) is 5.76. The molecule has 0 saturated carbocycles. The minimum atomic E-state index is -0.292. The number of thiazole rings is 1. The van der Waals surface area contributed by atoms with Crippen LogP contribution in [0.25, 0.3) is 17.1 Å². The second-order valence-corrected chi connectivity index (χ2v) is 11.3. The van der Waals surface area contributed by atoms with Crippen LogP contribution in [0, 0.1) is 5.92 Å². The molecule has 1 aliphatic rings. The summed E-state index contributed by atoms with van der Waals surface area (Å²) in [6, 6.07) is 15.1. The van der Waals surface area contributed by atoms with Crippen LogP contribution < -0.4 is 4.74 Å². The molecule has 1 amide bonds. The average molecular weight is 598 g/mol. The molecule has 1 saturated heterocycles. The quantitative estimate of drug-likeness (QED) is 0.177. The van der Waals surface area contributed by atoms with Gasteiger partial charge in [0.15, 0.2) is 11.0 Å². The molecule has 0 N–H and O–H groups in total. The lowest BCUT2D eigenvalue weighted by Crippen LogP contribution is -2.43. The number of carbonyl (C=O) groups excluding carboxylic acids is 2. The van der Waals surface area contributed by atoms with Gasteiger partial charge in [0.05, 0.1) is 36.1 Å². The van der Waals surface area contributed by atoms with E-state index in [1.54, 1.807) is 24.3 Å². The molecule has 2 aromatic heterocycles. The van der Waals surface area contributed by atoms with Gasteiger partial charge in [-0.25, -0.2) is 4.98 Å². The minimum Gasteiger partial charge on any atom is -0.495 e. The number of carbonyl (C=O) groups is 2. The summed E-state index contributed by atoms with van der Waals surface area (Å²) >= 11 is 9.40. The average Bonchev–Trinajstić information content (AvgIpc) is 3.63. The number of nitrogens with zero attached hydrogens (tertiary/aromatic N) is 5. The van der Waals surface area contributed by atoms with Crippen molar-refractivity contribution in [2.45, 2.75) is 30.7 Å². The highest BCUT2D eigenvalue weighted by Gasteiger charge is 2.31. The van der Waals surface area contributed by atoms with Crippen LogP contribution in [-0.2, 0) is 15.3 Å². The monoisotopic (exact) mass is 597 g/mol. The van der Waals surface area contributed by atoms with Crippen LogP contribution in [0.3, 0.4) is 0 Å². The smallest absolute Gasteiger partial charge is 0.310 e. The maximum Gasteiger partial charge on any atom is 0.310 e. The van der Waals surface area contributed by atoms with Crippen molar-refractivity contribution in [2.75, 3.05) is 26.8 Å². The number of methoxy groups -OCH3 is 1. The van der Waals surface area contributed by atoms with Gasteiger partial charge in [0, 0.05) is 24.0 Å². The summed E-state index contributed by atoms with van der Waals surface area (Å²) in [5.74, 6) is 1.04. The maximum absolute atomic E-state index is 13.2. The van der Waals surface area contributed by atoms with Crippen LogP contribution in [0.2, 0.25) is 5.02 Å². The van der Waals surface area contributed by atoms with Crippen molar-refractivity contribution in [1.29, 1.82) is 0 Å². The fourth-order valence-electron chi connectivity index (χ4n) is 4.59. The third-order valence-corrected chi connectivity index (χ3v) is 8.80. The van der Waals surface area contributed by atoms with Crippen LogP contribution >= 0.6 is 34.7 Å². The van der Waals surface area contributed by atoms with Crippen molar-refractivity contribution >= 4 is 46.6 Å². The number of para-hydroxylation sites is 2. The summed E-state index contributed by atoms with van der Waals surface area (Å²) in [4.78, 5) is 31.7. The third kappa shape index (κ3) is 6.01. The van der Waals surface area contributed by atoms with E-state index < -0.39 is 0 Å². The first-order chi connectivity index (χ1) is 19.5. The number of likely N-dealkylation sites (tertiary alicyclic amines) is 1. The number of amides is 1. The first-order valence-electron chi connectivity index (χ1n) is 12.9. The second-order valence-electron chi connectivity index (χ2n) is 9.05. The number of ether oxygens (including phenoxy) is 2. The fourth-order valence-corrected chi connectivity index (χ4v) is 6.54. The van der Waals surface area contributed by atoms with Gasteiger partial charge in [-0.15, -0.1) is 21.5 Å². The van der Waals surface area contributed by atoms with E-state index in [4.69, 9.17) is 21.1 Å². The Morgan fingerprint density at radius 1 is 1.15 bits per heavy atom. The molecule has 3 heterocycles. The lowest BCUT2D eigenvalue weighted by Gasteiger charge is -2.31. The number of hydrogen-bond acceptors (Lipinski definition) is 9. The van der Waals surface area contributed by atoms with Crippen molar-refractivity contribution in [3.63, 3.8) is 0 Å². The van der Waals surface area contributed by atoms with E-state index in [0.717, 1.165) is 29.1 Å². The van der Waals surface area contributed by atoms with Crippen molar-refractivity contribution in [3.8, 4) is 22.8 Å². The van der Waals surface area contributed by atoms with Gasteiger partial charge in [0.25, 0.3) is 5.91 Å². The number of thioether (sulfide) groups is 1. The molecule has 0 radical (unpaired) electrons. The molecule has 12 heteroatoms. The topological polar surface area (TPSA) is 99.4 Å². The largest absolute Gasteiger partial charge is 0.495 e. The van der Waals surface area contributed by atoms with E-state index in [1.165, 1.54) is 23.1 Å². The number of rotatable bonds is 9. The van der Waals surface area contributed by atoms with E-state index in [1.807, 2.05) is 53.1 Å². The number of hydrogen-bond donors (Lipinski definition) is 0. The number of benzene rings is 2. The summed E-state index contributed by atoms with van der Waals surface area (Å²) < 4.78 is 12.7. The molecular formula is C28H28ClN5O4S2. The van der Waals surface area contributed by atoms with E-state index in [2.05, 4.69) is 15.2 Å². The molecule has 40 heavy (non-hydrogen) atoms. The summed E-state index contributed by atoms with van der Waals surface area (Å²) in [5.41, 5.74) is 1.91. The molecular weight excluding hydrogens is 570 g/mol. The Balaban J connectivity index is 1.36. The molecule has 4 aromatic rings. The van der Waals surface area contributed by atoms with Gasteiger partial charge in [-0.05, 0) is 44.0 Å². The normalized spacial score (nSPS) is 15.2. The Kier molecular flexibility index (Phi) is 9.03. The van der Waals surface area contributed by atoms with Crippen LogP contribution in [0.4, 0.5) is 0 Å². The van der Waals surface area contributed by atoms with Crippen LogP contribution in [0.5, 0.6) is 5.75 Å². The highest BCUT2D eigenvalue weighted by molar-refractivity contribution is 7.98. The first kappa shape index (κ1) is 28.1. The van der Waals surface area contributed by atoms with Gasteiger partial charge in [0.1, 0.15) is 16.5 Å². The van der Waals surface area contributed by atoms with Gasteiger partial charge < -0.3 is 14.4 Å². The zero-order chi connectivity index (χ0) is 28.1. The molecule has 5 rings (SSSR count). The van der Waals surface area contributed by atoms with Gasteiger partial charge in [-0.3, -0.25) is 14.2 Å². The van der Waals surface area contributed by atoms with E-state index >= 15 is 0 Å². The Morgan fingerprint density at radius 3 is 2.75 bits per heavy atom. The molecule has 9 nitrogen and oxygen atoms in total. The highest BCUT2D eigenvalue weighted by atomic mass is 35.5. The Morgan fingerprint density at radius 2 is 1.95 bits per heavy atom. The van der Waals surface area contributed by atoms with Crippen LogP contribution in [0.1, 0.15) is 35.3 Å². The van der Waals surface area contributed by atoms with Crippen molar-refractivity contribution in [2.24, 2.45) is 5.92 Å². The lowest BCUT2D eigenvalue weighted by atomic mass is 9.98. The van der Waals surface area contributed by atoms with Gasteiger partial charge >= 0.3 is 5.97 Å². The minimum absolute atomic E-state index is 0.167. The highest BCUT2D eigenvalue weighted by Crippen LogP contribution is 2.36. The summed E-state index contributed by atoms with van der Waals surface area (Å²) in [6.07, 6.45) is 1.49. The van der Waals surface area contributed by atoms with E-state index in [0.29, 0.717) is 52.9 Å². The van der Waals surface area contributed by atoms with E-state index in [-0.39, 0.29) is 17.8 Å². The maximum atomic E-state index is 13.2. The Hall–Kier alpha value is -3.41.